The van der Waals surface area contributed by atoms with Crippen molar-refractivity contribution in [1.29, 1.82) is 0 Å². The van der Waals surface area contributed by atoms with Gasteiger partial charge in [0, 0.05) is 25.3 Å². The monoisotopic (exact) mass is 265 g/mol. The van der Waals surface area contributed by atoms with Crippen LogP contribution in [0.3, 0.4) is 0 Å². The third-order valence-corrected chi connectivity index (χ3v) is 3.01. The van der Waals surface area contributed by atoms with Gasteiger partial charge in [0.1, 0.15) is 0 Å². The quantitative estimate of drug-likeness (QED) is 0.812. The molecule has 0 saturated carbocycles. The van der Waals surface area contributed by atoms with E-state index in [-0.39, 0.29) is 0 Å². The Bertz CT molecular complexity index is 379. The van der Waals surface area contributed by atoms with Crippen LogP contribution in [0.2, 0.25) is 0 Å². The number of nitrogens with one attached hydrogen (secondary N) is 1. The molecule has 5 nitrogen and oxygen atoms in total. The van der Waals surface area contributed by atoms with Crippen molar-refractivity contribution in [1.82, 2.24) is 15.3 Å². The molecule has 2 heterocycles. The second-order valence-corrected chi connectivity index (χ2v) is 5.41. The summed E-state index contributed by atoms with van der Waals surface area (Å²) in [6, 6.07) is 0. The van der Waals surface area contributed by atoms with E-state index in [1.807, 2.05) is 0 Å². The molecule has 1 N–H and O–H groups in total. The molecule has 0 aromatic carbocycles. The lowest BCUT2D eigenvalue weighted by molar-refractivity contribution is 0.165. The van der Waals surface area contributed by atoms with E-state index in [1.165, 1.54) is 0 Å². The highest BCUT2D eigenvalue weighted by Gasteiger charge is 2.16. The molecule has 0 radical (unpaired) electrons. The fourth-order valence-corrected chi connectivity index (χ4v) is 1.95. The van der Waals surface area contributed by atoms with Gasteiger partial charge in [-0.1, -0.05) is 13.8 Å². The molecule has 0 aliphatic carbocycles. The van der Waals surface area contributed by atoms with Crippen LogP contribution in [0.1, 0.15) is 26.0 Å². The Morgan fingerprint density at radius 2 is 2.37 bits per heavy atom. The van der Waals surface area contributed by atoms with Gasteiger partial charge >= 0.3 is 0 Å². The molecule has 1 aromatic heterocycles. The van der Waals surface area contributed by atoms with Crippen LogP contribution < -0.4 is 10.1 Å². The minimum atomic E-state index is 0.490. The van der Waals surface area contributed by atoms with Crippen molar-refractivity contribution in [2.45, 2.75) is 26.8 Å². The number of rotatable bonds is 7. The summed E-state index contributed by atoms with van der Waals surface area (Å²) < 4.78 is 11.0. The van der Waals surface area contributed by atoms with Crippen molar-refractivity contribution in [3.05, 3.63) is 18.1 Å². The van der Waals surface area contributed by atoms with Gasteiger partial charge in [-0.2, -0.15) is 0 Å². The van der Waals surface area contributed by atoms with Gasteiger partial charge in [0.25, 0.3) is 0 Å². The van der Waals surface area contributed by atoms with Crippen LogP contribution in [0.25, 0.3) is 0 Å². The molecule has 1 saturated heterocycles. The predicted octanol–water partition coefficient (Wildman–Crippen LogP) is 1.64. The number of hydrogen-bond acceptors (Lipinski definition) is 5. The van der Waals surface area contributed by atoms with E-state index in [0.717, 1.165) is 38.4 Å². The molecule has 2 rings (SSSR count). The van der Waals surface area contributed by atoms with E-state index >= 15 is 0 Å². The molecule has 106 valence electrons. The SMILES string of the molecule is CC(C)CNCc1cncc(OCC2CCOC2)n1. The Morgan fingerprint density at radius 1 is 1.47 bits per heavy atom. The van der Waals surface area contributed by atoms with E-state index in [0.29, 0.717) is 24.3 Å². The fourth-order valence-electron chi connectivity index (χ4n) is 1.95. The normalized spacial score (nSPS) is 19.0. The van der Waals surface area contributed by atoms with Gasteiger partial charge in [0.2, 0.25) is 5.88 Å². The van der Waals surface area contributed by atoms with Crippen molar-refractivity contribution in [2.75, 3.05) is 26.4 Å². The van der Waals surface area contributed by atoms with Crippen LogP contribution in [0.15, 0.2) is 12.4 Å². The first kappa shape index (κ1) is 14.2. The molecule has 19 heavy (non-hydrogen) atoms. The minimum absolute atomic E-state index is 0.490. The molecule has 1 fully saturated rings. The Kier molecular flexibility index (Phi) is 5.54. The molecule has 0 spiro atoms. The van der Waals surface area contributed by atoms with Crippen LogP contribution in [-0.2, 0) is 11.3 Å². The maximum absolute atomic E-state index is 5.68. The second kappa shape index (κ2) is 7.40. The Hall–Kier alpha value is -1.20. The topological polar surface area (TPSA) is 56.3 Å². The van der Waals surface area contributed by atoms with Crippen molar-refractivity contribution < 1.29 is 9.47 Å². The van der Waals surface area contributed by atoms with E-state index in [1.54, 1.807) is 12.4 Å². The van der Waals surface area contributed by atoms with E-state index < -0.39 is 0 Å². The van der Waals surface area contributed by atoms with Crippen LogP contribution in [0.5, 0.6) is 5.88 Å². The molecule has 1 aliphatic rings. The number of ether oxygens (including phenoxy) is 2. The molecule has 1 unspecified atom stereocenters. The Balaban J connectivity index is 1.77. The average Bonchev–Trinajstić information content (AvgIpc) is 2.89. The summed E-state index contributed by atoms with van der Waals surface area (Å²) in [6.07, 6.45) is 4.52. The summed E-state index contributed by atoms with van der Waals surface area (Å²) >= 11 is 0. The van der Waals surface area contributed by atoms with Crippen LogP contribution >= 0.6 is 0 Å². The molecular weight excluding hydrogens is 242 g/mol. The van der Waals surface area contributed by atoms with Crippen molar-refractivity contribution in [2.24, 2.45) is 11.8 Å². The molecule has 1 aliphatic heterocycles. The Morgan fingerprint density at radius 3 is 3.11 bits per heavy atom. The molecular formula is C14H23N3O2. The van der Waals surface area contributed by atoms with Crippen molar-refractivity contribution in [3.8, 4) is 5.88 Å². The van der Waals surface area contributed by atoms with Crippen LogP contribution in [-0.4, -0.2) is 36.3 Å². The van der Waals surface area contributed by atoms with Crippen LogP contribution in [0, 0.1) is 11.8 Å². The number of nitrogens with zero attached hydrogens (tertiary/aromatic N) is 2. The van der Waals surface area contributed by atoms with Gasteiger partial charge in [-0.25, -0.2) is 4.98 Å². The van der Waals surface area contributed by atoms with Crippen molar-refractivity contribution >= 4 is 0 Å². The highest BCUT2D eigenvalue weighted by atomic mass is 16.5. The van der Waals surface area contributed by atoms with Gasteiger partial charge in [0.05, 0.1) is 25.1 Å². The summed E-state index contributed by atoms with van der Waals surface area (Å²) in [5, 5.41) is 3.35. The average molecular weight is 265 g/mol. The van der Waals surface area contributed by atoms with Crippen LogP contribution in [0.4, 0.5) is 0 Å². The fraction of sp³-hybridized carbons (Fsp3) is 0.714. The van der Waals surface area contributed by atoms with Gasteiger partial charge in [-0.15, -0.1) is 0 Å². The maximum atomic E-state index is 5.68. The standard InChI is InChI=1S/C14H23N3O2/c1-11(2)5-15-6-13-7-16-8-14(17-13)19-10-12-3-4-18-9-12/h7-8,11-12,15H,3-6,9-10H2,1-2H3. The lowest BCUT2D eigenvalue weighted by Gasteiger charge is -2.10. The highest BCUT2D eigenvalue weighted by Crippen LogP contribution is 2.14. The number of hydrogen-bond donors (Lipinski definition) is 1. The second-order valence-electron chi connectivity index (χ2n) is 5.41. The number of aromatic nitrogens is 2. The lowest BCUT2D eigenvalue weighted by Crippen LogP contribution is -2.20. The molecule has 0 amide bonds. The van der Waals surface area contributed by atoms with E-state index in [2.05, 4.69) is 29.1 Å². The third kappa shape index (κ3) is 5.12. The van der Waals surface area contributed by atoms with Gasteiger partial charge < -0.3 is 14.8 Å². The molecule has 0 bridgehead atoms. The minimum Gasteiger partial charge on any atom is -0.476 e. The summed E-state index contributed by atoms with van der Waals surface area (Å²) in [7, 11) is 0. The zero-order chi connectivity index (χ0) is 13.5. The summed E-state index contributed by atoms with van der Waals surface area (Å²) in [5.41, 5.74) is 0.917. The molecule has 1 atom stereocenters. The largest absolute Gasteiger partial charge is 0.476 e. The van der Waals surface area contributed by atoms with Crippen molar-refractivity contribution in [3.63, 3.8) is 0 Å². The summed E-state index contributed by atoms with van der Waals surface area (Å²) in [5.74, 6) is 1.73. The first-order chi connectivity index (χ1) is 9.24. The first-order valence-corrected chi connectivity index (χ1v) is 6.96. The molecule has 5 heteroatoms. The third-order valence-electron chi connectivity index (χ3n) is 3.01. The zero-order valence-electron chi connectivity index (χ0n) is 11.8. The Labute approximate surface area is 114 Å². The van der Waals surface area contributed by atoms with Gasteiger partial charge in [-0.3, -0.25) is 4.98 Å². The summed E-state index contributed by atoms with van der Waals surface area (Å²) in [4.78, 5) is 8.61. The first-order valence-electron chi connectivity index (χ1n) is 6.96. The summed E-state index contributed by atoms with van der Waals surface area (Å²) in [6.45, 7) is 8.38. The van der Waals surface area contributed by atoms with Gasteiger partial charge in [0.15, 0.2) is 0 Å². The highest BCUT2D eigenvalue weighted by molar-refractivity contribution is 5.08. The molecule has 1 aromatic rings. The maximum Gasteiger partial charge on any atom is 0.232 e. The van der Waals surface area contributed by atoms with E-state index in [4.69, 9.17) is 9.47 Å². The van der Waals surface area contributed by atoms with E-state index in [9.17, 15) is 0 Å². The lowest BCUT2D eigenvalue weighted by atomic mass is 10.1. The predicted molar refractivity (Wildman–Crippen MR) is 73.0 cm³/mol. The van der Waals surface area contributed by atoms with Gasteiger partial charge in [-0.05, 0) is 18.9 Å². The smallest absolute Gasteiger partial charge is 0.232 e. The zero-order valence-corrected chi connectivity index (χ0v) is 11.8.